The molecule has 0 amide bonds. The number of carbonyl (C=O) groups is 3. The minimum atomic E-state index is -0.942. The second-order valence-corrected chi connectivity index (χ2v) is 10.4. The van der Waals surface area contributed by atoms with E-state index in [2.05, 4.69) is 28.0 Å². The highest BCUT2D eigenvalue weighted by Gasteiger charge is 2.65. The number of carboxylic acid groups (broad SMARTS) is 2. The summed E-state index contributed by atoms with van der Waals surface area (Å²) in [5.74, 6) is 0.575. The molecule has 2 aromatic heterocycles. The number of hydrogen-bond acceptors (Lipinski definition) is 8. The number of ketones is 1. The zero-order valence-corrected chi connectivity index (χ0v) is 22.3. The van der Waals surface area contributed by atoms with Gasteiger partial charge in [-0.3, -0.25) is 14.8 Å². The third-order valence-electron chi connectivity index (χ3n) is 8.41. The molecule has 4 aliphatic rings. The molecule has 1 saturated carbocycles. The lowest BCUT2D eigenvalue weighted by Gasteiger charge is -2.57. The van der Waals surface area contributed by atoms with Crippen molar-refractivity contribution in [1.82, 2.24) is 14.9 Å². The minimum absolute atomic E-state index is 0.0933. The summed E-state index contributed by atoms with van der Waals surface area (Å²) < 4.78 is 11.8. The summed E-state index contributed by atoms with van der Waals surface area (Å²) in [6.45, 7) is 1.05. The van der Waals surface area contributed by atoms with Crippen molar-refractivity contribution in [1.29, 1.82) is 0 Å². The predicted molar refractivity (Wildman–Crippen MR) is 144 cm³/mol. The van der Waals surface area contributed by atoms with Crippen LogP contribution in [-0.2, 0) is 16.6 Å². The van der Waals surface area contributed by atoms with Crippen molar-refractivity contribution in [3.63, 3.8) is 0 Å². The van der Waals surface area contributed by atoms with Gasteiger partial charge >= 0.3 is 11.9 Å². The van der Waals surface area contributed by atoms with Crippen molar-refractivity contribution in [3.8, 4) is 11.5 Å². The van der Waals surface area contributed by atoms with Gasteiger partial charge in [0.25, 0.3) is 0 Å². The number of Topliss-reactive ketones (excluding diaryl/α,β-unsaturated/α-hetero) is 1. The van der Waals surface area contributed by atoms with E-state index in [1.165, 1.54) is 48.0 Å². The normalized spacial score (nSPS) is 25.1. The highest BCUT2D eigenvalue weighted by atomic mass is 16.5. The third kappa shape index (κ3) is 4.68. The number of pyridine rings is 2. The van der Waals surface area contributed by atoms with Crippen LogP contribution in [0.25, 0.3) is 0 Å². The zero-order valence-electron chi connectivity index (χ0n) is 22.3. The molecule has 4 heterocycles. The van der Waals surface area contributed by atoms with E-state index in [4.69, 9.17) is 19.7 Å². The smallest absolute Gasteiger partial charge is 0.337 e. The molecule has 2 bridgehead atoms. The lowest BCUT2D eigenvalue weighted by Crippen LogP contribution is -2.65. The van der Waals surface area contributed by atoms with Crippen LogP contribution < -0.4 is 9.47 Å². The van der Waals surface area contributed by atoms with Gasteiger partial charge in [-0.15, -0.1) is 0 Å². The summed E-state index contributed by atoms with van der Waals surface area (Å²) in [6, 6.07) is 10.9. The fourth-order valence-electron chi connectivity index (χ4n) is 6.65. The molecule has 10 heteroatoms. The van der Waals surface area contributed by atoms with Crippen LogP contribution in [-0.4, -0.2) is 75.7 Å². The van der Waals surface area contributed by atoms with Crippen molar-refractivity contribution < 1.29 is 34.1 Å². The lowest BCUT2D eigenvalue weighted by molar-refractivity contribution is -0.138. The van der Waals surface area contributed by atoms with E-state index in [0.717, 1.165) is 37.3 Å². The lowest BCUT2D eigenvalue weighted by atomic mass is 9.52. The fraction of sp³-hybridized carbons (Fsp3) is 0.367. The number of carbonyl (C=O) groups excluding carboxylic acids is 1. The molecule has 2 fully saturated rings. The first kappa shape index (κ1) is 27.3. The molecule has 3 aromatic rings. The second-order valence-electron chi connectivity index (χ2n) is 10.4. The number of nitrogens with zero attached hydrogens (tertiary/aromatic N) is 3. The van der Waals surface area contributed by atoms with Gasteiger partial charge < -0.3 is 24.6 Å². The maximum atomic E-state index is 12.6. The SMILES string of the molecule is COc1ccc2c3c1O[C@H]1C(=O)CC[C@H]4[C@@H](C2)N(C)CC[C@]314.O=C(O)c1cccnc1.O=C(O)c1cccnc1. The molecule has 2 aliphatic carbocycles. The van der Waals surface area contributed by atoms with Crippen molar-refractivity contribution in [2.45, 2.75) is 43.2 Å². The second kappa shape index (κ2) is 11.1. The summed E-state index contributed by atoms with van der Waals surface area (Å²) in [4.78, 5) is 42.7. The average molecular weight is 546 g/mol. The van der Waals surface area contributed by atoms with Crippen LogP contribution in [0.4, 0.5) is 0 Å². The van der Waals surface area contributed by atoms with Gasteiger partial charge in [0.1, 0.15) is 0 Å². The number of methoxy groups -OCH3 is 1. The molecule has 2 N–H and O–H groups in total. The highest BCUT2D eigenvalue weighted by Crippen LogP contribution is 2.63. The quantitative estimate of drug-likeness (QED) is 0.503. The van der Waals surface area contributed by atoms with Gasteiger partial charge in [0, 0.05) is 48.2 Å². The van der Waals surface area contributed by atoms with Gasteiger partial charge in [0.15, 0.2) is 23.4 Å². The van der Waals surface area contributed by atoms with Crippen LogP contribution >= 0.6 is 0 Å². The van der Waals surface area contributed by atoms with Crippen LogP contribution in [0.2, 0.25) is 0 Å². The van der Waals surface area contributed by atoms with Gasteiger partial charge in [-0.05, 0) is 74.7 Å². The highest BCUT2D eigenvalue weighted by molar-refractivity contribution is 5.89. The van der Waals surface area contributed by atoms with E-state index in [9.17, 15) is 14.4 Å². The van der Waals surface area contributed by atoms with Crippen LogP contribution in [0.15, 0.2) is 61.2 Å². The molecule has 1 saturated heterocycles. The van der Waals surface area contributed by atoms with Crippen molar-refractivity contribution in [3.05, 3.63) is 83.4 Å². The molecule has 4 atom stereocenters. The van der Waals surface area contributed by atoms with Gasteiger partial charge in [-0.25, -0.2) is 9.59 Å². The summed E-state index contributed by atoms with van der Waals surface area (Å²) in [5.41, 5.74) is 3.01. The predicted octanol–water partition coefficient (Wildman–Crippen LogP) is 3.49. The summed E-state index contributed by atoms with van der Waals surface area (Å²) in [6.07, 6.45) is 9.15. The number of aromatic carboxylic acids is 2. The van der Waals surface area contributed by atoms with Crippen LogP contribution in [0, 0.1) is 5.92 Å². The van der Waals surface area contributed by atoms with Gasteiger partial charge in [0.2, 0.25) is 0 Å². The Morgan fingerprint density at radius 2 is 1.70 bits per heavy atom. The molecule has 0 unspecified atom stereocenters. The van der Waals surface area contributed by atoms with E-state index in [-0.39, 0.29) is 28.4 Å². The molecule has 1 spiro atoms. The van der Waals surface area contributed by atoms with Crippen molar-refractivity contribution in [2.75, 3.05) is 20.7 Å². The summed E-state index contributed by atoms with van der Waals surface area (Å²) >= 11 is 0. The number of benzene rings is 1. The van der Waals surface area contributed by atoms with E-state index >= 15 is 0 Å². The number of ether oxygens (including phenoxy) is 2. The average Bonchev–Trinajstić information content (AvgIpc) is 3.33. The topological polar surface area (TPSA) is 139 Å². The Bertz CT molecular complexity index is 1370. The van der Waals surface area contributed by atoms with Crippen LogP contribution in [0.1, 0.15) is 51.1 Å². The van der Waals surface area contributed by atoms with Crippen molar-refractivity contribution in [2.24, 2.45) is 5.92 Å². The molecule has 208 valence electrons. The Morgan fingerprint density at radius 1 is 1.05 bits per heavy atom. The number of piperidine rings is 1. The molecular formula is C30H31N3O7. The number of aromatic nitrogens is 2. The summed E-state index contributed by atoms with van der Waals surface area (Å²) in [5, 5.41) is 16.7. The Morgan fingerprint density at radius 3 is 2.23 bits per heavy atom. The molecule has 0 radical (unpaired) electrons. The fourth-order valence-corrected chi connectivity index (χ4v) is 6.65. The Kier molecular flexibility index (Phi) is 7.53. The number of likely N-dealkylation sites (N-methyl/N-ethyl adjacent to an activating group) is 1. The van der Waals surface area contributed by atoms with E-state index < -0.39 is 11.9 Å². The number of hydrogen-bond donors (Lipinski definition) is 2. The standard InChI is InChI=1S/C18H21NO3.2C6H5NO2/c1-19-8-7-18-11-4-5-13(20)17(18)22-16-14(21-2)6-3-10(15(16)18)9-12(11)19;2*8-6(9)5-2-1-3-7-4-5/h3,6,11-12,17H,4-5,7-9H2,1-2H3;2*1-4H,(H,8,9)/t11-,12+,17-,18-;;/m0../s1. The van der Waals surface area contributed by atoms with Gasteiger partial charge in [-0.2, -0.15) is 0 Å². The molecule has 7 rings (SSSR count). The van der Waals surface area contributed by atoms with Crippen LogP contribution in [0.5, 0.6) is 11.5 Å². The van der Waals surface area contributed by atoms with E-state index in [0.29, 0.717) is 18.4 Å². The van der Waals surface area contributed by atoms with Crippen molar-refractivity contribution >= 4 is 17.7 Å². The first-order valence-corrected chi connectivity index (χ1v) is 13.1. The Hall–Kier alpha value is -4.31. The largest absolute Gasteiger partial charge is 0.493 e. The molecule has 10 nitrogen and oxygen atoms in total. The van der Waals surface area contributed by atoms with E-state index in [1.54, 1.807) is 19.2 Å². The van der Waals surface area contributed by atoms with Gasteiger partial charge in [0.05, 0.1) is 18.2 Å². The molecule has 1 aromatic carbocycles. The molecular weight excluding hydrogens is 514 g/mol. The van der Waals surface area contributed by atoms with Gasteiger partial charge in [-0.1, -0.05) is 6.07 Å². The number of carboxylic acids is 2. The third-order valence-corrected chi connectivity index (χ3v) is 8.41. The first-order valence-electron chi connectivity index (χ1n) is 13.1. The Balaban J connectivity index is 0.000000149. The molecule has 2 aliphatic heterocycles. The first-order chi connectivity index (χ1) is 19.3. The monoisotopic (exact) mass is 545 g/mol. The zero-order chi connectivity index (χ0) is 28.4. The molecule has 40 heavy (non-hydrogen) atoms. The van der Waals surface area contributed by atoms with Crippen LogP contribution in [0.3, 0.4) is 0 Å². The Labute approximate surface area is 231 Å². The number of rotatable bonds is 3. The maximum absolute atomic E-state index is 12.6. The maximum Gasteiger partial charge on any atom is 0.337 e. The summed E-state index contributed by atoms with van der Waals surface area (Å²) in [7, 11) is 3.91. The minimum Gasteiger partial charge on any atom is -0.493 e. The number of likely N-dealkylation sites (tertiary alicyclic amines) is 1. The van der Waals surface area contributed by atoms with E-state index in [1.807, 2.05) is 6.07 Å².